The van der Waals surface area contributed by atoms with E-state index >= 15 is 0 Å². The van der Waals surface area contributed by atoms with Crippen molar-refractivity contribution < 1.29 is 0 Å². The lowest BCUT2D eigenvalue weighted by molar-refractivity contribution is 0.440. The van der Waals surface area contributed by atoms with Gasteiger partial charge < -0.3 is 14.7 Å². The van der Waals surface area contributed by atoms with Gasteiger partial charge in [-0.3, -0.25) is 0 Å². The summed E-state index contributed by atoms with van der Waals surface area (Å²) in [5, 5.41) is 8.97. The Morgan fingerprint density at radius 2 is 2.04 bits per heavy atom. The van der Waals surface area contributed by atoms with E-state index in [1.807, 2.05) is 40.1 Å². The Kier molecular flexibility index (Phi) is 7.56. The van der Waals surface area contributed by atoms with E-state index < -0.39 is 0 Å². The van der Waals surface area contributed by atoms with E-state index in [1.54, 1.807) is 34.5 Å². The number of nitrogens with one attached hydrogen (secondary N) is 2. The number of nitrogens with zero attached hydrogens (tertiary/aromatic N) is 3. The molecule has 3 rings (SSSR count). The highest BCUT2D eigenvalue weighted by Gasteiger charge is 2.05. The fourth-order valence-corrected chi connectivity index (χ4v) is 3.47. The van der Waals surface area contributed by atoms with E-state index in [0.717, 1.165) is 22.3 Å². The number of fused-ring (bicyclic) bond motifs is 1. The zero-order chi connectivity index (χ0) is 18.1. The first-order valence-electron chi connectivity index (χ1n) is 8.03. The zero-order valence-electron chi connectivity index (χ0n) is 14.9. The Balaban J connectivity index is 0.00000109. The van der Waals surface area contributed by atoms with Crippen LogP contribution in [0.3, 0.4) is 0 Å². The topological polar surface area (TPSA) is 55.8 Å². The fourth-order valence-electron chi connectivity index (χ4n) is 2.01. The molecule has 0 aliphatic carbocycles. The van der Waals surface area contributed by atoms with Gasteiger partial charge in [0.25, 0.3) is 0 Å². The van der Waals surface area contributed by atoms with E-state index in [-0.39, 0.29) is 0 Å². The van der Waals surface area contributed by atoms with E-state index in [4.69, 9.17) is 0 Å². The van der Waals surface area contributed by atoms with Crippen LogP contribution in [0.15, 0.2) is 56.1 Å². The van der Waals surface area contributed by atoms with Gasteiger partial charge >= 0.3 is 0 Å². The van der Waals surface area contributed by atoms with Crippen LogP contribution in [0.2, 0.25) is 0 Å². The van der Waals surface area contributed by atoms with E-state index in [0.29, 0.717) is 0 Å². The molecule has 2 heterocycles. The quantitative estimate of drug-likeness (QED) is 0.267. The van der Waals surface area contributed by atoms with Crippen LogP contribution in [0.1, 0.15) is 19.5 Å². The molecule has 0 aliphatic rings. The number of aromatic nitrogens is 1. The summed E-state index contributed by atoms with van der Waals surface area (Å²) >= 11 is 3.34. The molecule has 0 amide bonds. The standard InChI is InChI=1S/C16H17N5S2.C2H6/c1-21(2)18-11-17-10-13-9-12-5-3-6-14(16(12)19-13)20-23-15-7-4-8-22-15;1-2/h3-11,19-20H,1-2H3;1-2H3/b17-10?,18-11-;. The third kappa shape index (κ3) is 5.65. The highest BCUT2D eigenvalue weighted by atomic mass is 32.2. The molecule has 5 nitrogen and oxygen atoms in total. The molecule has 0 saturated carbocycles. The largest absolute Gasteiger partial charge is 0.352 e. The Morgan fingerprint density at radius 1 is 1.20 bits per heavy atom. The molecule has 0 atom stereocenters. The smallest absolute Gasteiger partial charge is 0.135 e. The van der Waals surface area contributed by atoms with Crippen LogP contribution in [-0.2, 0) is 0 Å². The van der Waals surface area contributed by atoms with Crippen molar-refractivity contribution in [2.45, 2.75) is 18.1 Å². The second-order valence-corrected chi connectivity index (χ2v) is 7.04. The molecule has 1 aromatic carbocycles. The van der Waals surface area contributed by atoms with Gasteiger partial charge in [-0.15, -0.1) is 11.3 Å². The number of H-pyrrole nitrogens is 1. The number of hydrogen-bond acceptors (Lipinski definition) is 5. The molecule has 0 aliphatic heterocycles. The molecule has 3 aromatic rings. The summed E-state index contributed by atoms with van der Waals surface area (Å²) in [6, 6.07) is 12.4. The van der Waals surface area contributed by atoms with Crippen LogP contribution < -0.4 is 4.72 Å². The molecule has 25 heavy (non-hydrogen) atoms. The molecule has 2 aromatic heterocycles. The lowest BCUT2D eigenvalue weighted by Crippen LogP contribution is -2.00. The van der Waals surface area contributed by atoms with Gasteiger partial charge in [-0.1, -0.05) is 32.0 Å². The number of aromatic amines is 1. The van der Waals surface area contributed by atoms with Crippen LogP contribution >= 0.6 is 23.3 Å². The summed E-state index contributed by atoms with van der Waals surface area (Å²) in [5.41, 5.74) is 3.07. The first-order valence-corrected chi connectivity index (χ1v) is 9.73. The maximum atomic E-state index is 4.18. The van der Waals surface area contributed by atoms with Crippen molar-refractivity contribution in [1.29, 1.82) is 0 Å². The zero-order valence-corrected chi connectivity index (χ0v) is 16.5. The lowest BCUT2D eigenvalue weighted by atomic mass is 10.2. The third-order valence-electron chi connectivity index (χ3n) is 3.00. The second kappa shape index (κ2) is 9.90. The second-order valence-electron chi connectivity index (χ2n) is 4.99. The summed E-state index contributed by atoms with van der Waals surface area (Å²) in [7, 11) is 3.72. The Hall–Kier alpha value is -2.25. The Labute approximate surface area is 157 Å². The predicted molar refractivity (Wildman–Crippen MR) is 113 cm³/mol. The molecular weight excluding hydrogens is 350 g/mol. The molecular formula is C18H23N5S2. The average molecular weight is 374 g/mol. The van der Waals surface area contributed by atoms with Crippen LogP contribution in [0.4, 0.5) is 5.69 Å². The van der Waals surface area contributed by atoms with Crippen molar-refractivity contribution in [3.8, 4) is 0 Å². The number of para-hydroxylation sites is 1. The molecule has 7 heteroatoms. The van der Waals surface area contributed by atoms with Crippen molar-refractivity contribution in [2.24, 2.45) is 10.1 Å². The fraction of sp³-hybridized carbons (Fsp3) is 0.222. The number of hydrazone groups is 1. The summed E-state index contributed by atoms with van der Waals surface area (Å²) < 4.78 is 4.64. The number of aliphatic imine (C=N–C) groups is 1. The summed E-state index contributed by atoms with van der Waals surface area (Å²) in [4.78, 5) is 7.57. The number of benzene rings is 1. The van der Waals surface area contributed by atoms with Gasteiger partial charge in [0.05, 0.1) is 27.3 Å². The van der Waals surface area contributed by atoms with Gasteiger partial charge in [-0.2, -0.15) is 5.10 Å². The molecule has 132 valence electrons. The SMILES string of the molecule is CC.CN(C)/N=C\N=Cc1cc2cccc(NSc3cccs3)c2[nH]1. The minimum atomic E-state index is 0.945. The lowest BCUT2D eigenvalue weighted by Gasteiger charge is -2.04. The highest BCUT2D eigenvalue weighted by Crippen LogP contribution is 2.29. The molecule has 0 saturated heterocycles. The van der Waals surface area contributed by atoms with Gasteiger partial charge in [0, 0.05) is 19.5 Å². The normalized spacial score (nSPS) is 11.0. The molecule has 0 radical (unpaired) electrons. The predicted octanol–water partition coefficient (Wildman–Crippen LogP) is 5.30. The highest BCUT2D eigenvalue weighted by molar-refractivity contribution is 8.02. The average Bonchev–Trinajstić information content (AvgIpc) is 3.27. The first kappa shape index (κ1) is 19.1. The Bertz CT molecular complexity index is 819. The Morgan fingerprint density at radius 3 is 2.76 bits per heavy atom. The molecule has 2 N–H and O–H groups in total. The maximum absolute atomic E-state index is 4.18. The number of hydrogen-bond donors (Lipinski definition) is 2. The minimum absolute atomic E-state index is 0.945. The van der Waals surface area contributed by atoms with Gasteiger partial charge in [0.15, 0.2) is 0 Å². The van der Waals surface area contributed by atoms with Crippen molar-refractivity contribution in [3.63, 3.8) is 0 Å². The minimum Gasteiger partial charge on any atom is -0.352 e. The van der Waals surface area contributed by atoms with Crippen molar-refractivity contribution in [1.82, 2.24) is 9.99 Å². The monoisotopic (exact) mass is 373 g/mol. The summed E-state index contributed by atoms with van der Waals surface area (Å²) in [6.45, 7) is 4.00. The van der Waals surface area contributed by atoms with Crippen LogP contribution in [0, 0.1) is 0 Å². The van der Waals surface area contributed by atoms with Gasteiger partial charge in [-0.25, -0.2) is 4.99 Å². The van der Waals surface area contributed by atoms with Crippen LogP contribution in [0.25, 0.3) is 10.9 Å². The van der Waals surface area contributed by atoms with E-state index in [2.05, 4.69) is 49.4 Å². The molecule has 0 bridgehead atoms. The number of anilines is 1. The van der Waals surface area contributed by atoms with E-state index in [1.165, 1.54) is 10.5 Å². The number of rotatable bonds is 6. The van der Waals surface area contributed by atoms with Gasteiger partial charge in [0.2, 0.25) is 0 Å². The summed E-state index contributed by atoms with van der Waals surface area (Å²) in [6.07, 6.45) is 3.29. The molecule has 0 spiro atoms. The molecule has 0 unspecified atom stereocenters. The van der Waals surface area contributed by atoms with Gasteiger partial charge in [0.1, 0.15) is 6.34 Å². The van der Waals surface area contributed by atoms with Gasteiger partial charge in [-0.05, 0) is 35.5 Å². The first-order chi connectivity index (χ1) is 12.2. The van der Waals surface area contributed by atoms with Crippen LogP contribution in [-0.4, -0.2) is 36.6 Å². The van der Waals surface area contributed by atoms with E-state index in [9.17, 15) is 0 Å². The molecule has 0 fully saturated rings. The third-order valence-corrected chi connectivity index (χ3v) is 4.86. The van der Waals surface area contributed by atoms with Crippen molar-refractivity contribution >= 4 is 52.4 Å². The maximum Gasteiger partial charge on any atom is 0.135 e. The number of thiophene rings is 1. The summed E-state index contributed by atoms with van der Waals surface area (Å²) in [5.74, 6) is 0. The van der Waals surface area contributed by atoms with Crippen molar-refractivity contribution in [2.75, 3.05) is 18.8 Å². The van der Waals surface area contributed by atoms with Crippen molar-refractivity contribution in [3.05, 3.63) is 47.5 Å². The van der Waals surface area contributed by atoms with Crippen LogP contribution in [0.5, 0.6) is 0 Å².